The van der Waals surface area contributed by atoms with Gasteiger partial charge in [0.05, 0.1) is 5.69 Å². The number of rotatable bonds is 5. The molecule has 5 heteroatoms. The van der Waals surface area contributed by atoms with Crippen molar-refractivity contribution in [3.63, 3.8) is 0 Å². The maximum absolute atomic E-state index is 4.32. The summed E-state index contributed by atoms with van der Waals surface area (Å²) in [5, 5.41) is 0. The third-order valence-electron chi connectivity index (χ3n) is 2.70. The van der Waals surface area contributed by atoms with E-state index in [0.29, 0.717) is 0 Å². The highest BCUT2D eigenvalue weighted by Gasteiger charge is 2.04. The minimum absolute atomic E-state index is 0.733. The fourth-order valence-corrected chi connectivity index (χ4v) is 1.80. The molecule has 0 radical (unpaired) electrons. The molecular weight excluding hydrogens is 238 g/mol. The van der Waals surface area contributed by atoms with E-state index in [1.54, 1.807) is 0 Å². The molecule has 0 N–H and O–H groups in total. The minimum atomic E-state index is 0.733. The highest BCUT2D eigenvalue weighted by atomic mass is 15.2. The SMILES string of the molecule is CN(Cc1cnc(N(C)C)nc1)Cc1ccccn1. The van der Waals surface area contributed by atoms with Crippen molar-refractivity contribution < 1.29 is 0 Å². The second kappa shape index (κ2) is 6.24. The molecule has 0 spiro atoms. The van der Waals surface area contributed by atoms with E-state index in [1.165, 1.54) is 0 Å². The second-order valence-electron chi connectivity index (χ2n) is 4.78. The Hall–Kier alpha value is -2.01. The Labute approximate surface area is 113 Å². The number of hydrogen-bond donors (Lipinski definition) is 0. The van der Waals surface area contributed by atoms with Gasteiger partial charge in [0.15, 0.2) is 0 Å². The first kappa shape index (κ1) is 13.4. The van der Waals surface area contributed by atoms with Gasteiger partial charge >= 0.3 is 0 Å². The molecule has 5 nitrogen and oxygen atoms in total. The summed E-state index contributed by atoms with van der Waals surface area (Å²) in [5.74, 6) is 0.733. The Morgan fingerprint density at radius 1 is 0.947 bits per heavy atom. The molecule has 0 fully saturated rings. The first-order chi connectivity index (χ1) is 9.15. The maximum atomic E-state index is 4.32. The summed E-state index contributed by atoms with van der Waals surface area (Å²) in [6.07, 6.45) is 5.56. The van der Waals surface area contributed by atoms with Crippen LogP contribution >= 0.6 is 0 Å². The lowest BCUT2D eigenvalue weighted by atomic mass is 10.3. The average molecular weight is 257 g/mol. The fraction of sp³-hybridized carbons (Fsp3) is 0.357. The Morgan fingerprint density at radius 3 is 2.26 bits per heavy atom. The zero-order valence-electron chi connectivity index (χ0n) is 11.6. The molecule has 0 amide bonds. The van der Waals surface area contributed by atoms with Gasteiger partial charge in [-0.1, -0.05) is 6.07 Å². The summed E-state index contributed by atoms with van der Waals surface area (Å²) in [6.45, 7) is 1.63. The van der Waals surface area contributed by atoms with E-state index in [9.17, 15) is 0 Å². The molecule has 0 aliphatic carbocycles. The monoisotopic (exact) mass is 257 g/mol. The molecule has 0 aliphatic heterocycles. The van der Waals surface area contributed by atoms with Gasteiger partial charge in [0.1, 0.15) is 0 Å². The van der Waals surface area contributed by atoms with Gasteiger partial charge in [-0.05, 0) is 19.2 Å². The van der Waals surface area contributed by atoms with Gasteiger partial charge in [0.25, 0.3) is 0 Å². The van der Waals surface area contributed by atoms with Gasteiger partial charge < -0.3 is 4.90 Å². The van der Waals surface area contributed by atoms with Crippen molar-refractivity contribution in [2.45, 2.75) is 13.1 Å². The molecule has 2 heterocycles. The molecular formula is C14H19N5. The van der Waals surface area contributed by atoms with E-state index in [4.69, 9.17) is 0 Å². The predicted octanol–water partition coefficient (Wildman–Crippen LogP) is 1.57. The van der Waals surface area contributed by atoms with Crippen molar-refractivity contribution in [3.05, 3.63) is 48.0 Å². The number of aromatic nitrogens is 3. The Bertz CT molecular complexity index is 495. The minimum Gasteiger partial charge on any atom is -0.347 e. The molecule has 0 atom stereocenters. The van der Waals surface area contributed by atoms with Crippen LogP contribution in [0.2, 0.25) is 0 Å². The van der Waals surface area contributed by atoms with E-state index in [-0.39, 0.29) is 0 Å². The topological polar surface area (TPSA) is 45.2 Å². The Balaban J connectivity index is 1.93. The first-order valence-electron chi connectivity index (χ1n) is 6.22. The lowest BCUT2D eigenvalue weighted by Crippen LogP contribution is -2.19. The van der Waals surface area contributed by atoms with Crippen LogP contribution in [0.25, 0.3) is 0 Å². The summed E-state index contributed by atoms with van der Waals surface area (Å²) >= 11 is 0. The predicted molar refractivity (Wildman–Crippen MR) is 75.8 cm³/mol. The molecule has 2 rings (SSSR count). The normalized spacial score (nSPS) is 10.7. The number of hydrogen-bond acceptors (Lipinski definition) is 5. The maximum Gasteiger partial charge on any atom is 0.224 e. The molecule has 100 valence electrons. The summed E-state index contributed by atoms with van der Waals surface area (Å²) in [6, 6.07) is 5.96. The van der Waals surface area contributed by atoms with Crippen molar-refractivity contribution in [2.75, 3.05) is 26.0 Å². The van der Waals surface area contributed by atoms with Gasteiger partial charge in [-0.3, -0.25) is 9.88 Å². The molecule has 0 aromatic carbocycles. The summed E-state index contributed by atoms with van der Waals surface area (Å²) in [5.41, 5.74) is 2.17. The smallest absolute Gasteiger partial charge is 0.224 e. The Morgan fingerprint density at radius 2 is 1.68 bits per heavy atom. The van der Waals surface area contributed by atoms with E-state index >= 15 is 0 Å². The second-order valence-corrected chi connectivity index (χ2v) is 4.78. The Kier molecular flexibility index (Phi) is 4.41. The number of pyridine rings is 1. The van der Waals surface area contributed by atoms with E-state index < -0.39 is 0 Å². The molecule has 0 saturated carbocycles. The fourth-order valence-electron chi connectivity index (χ4n) is 1.80. The summed E-state index contributed by atoms with van der Waals surface area (Å²) in [4.78, 5) is 17.0. The summed E-state index contributed by atoms with van der Waals surface area (Å²) < 4.78 is 0. The van der Waals surface area contributed by atoms with E-state index in [0.717, 1.165) is 30.3 Å². The molecule has 19 heavy (non-hydrogen) atoms. The van der Waals surface area contributed by atoms with Gasteiger partial charge in [-0.2, -0.15) is 0 Å². The van der Waals surface area contributed by atoms with Crippen molar-refractivity contribution in [1.29, 1.82) is 0 Å². The quantitative estimate of drug-likeness (QED) is 0.813. The number of nitrogens with zero attached hydrogens (tertiary/aromatic N) is 5. The molecule has 0 unspecified atom stereocenters. The van der Waals surface area contributed by atoms with Crippen LogP contribution < -0.4 is 4.90 Å². The van der Waals surface area contributed by atoms with Crippen molar-refractivity contribution in [1.82, 2.24) is 19.9 Å². The van der Waals surface area contributed by atoms with Crippen LogP contribution in [0.3, 0.4) is 0 Å². The third-order valence-corrected chi connectivity index (χ3v) is 2.70. The van der Waals surface area contributed by atoms with Crippen LogP contribution in [-0.2, 0) is 13.1 Å². The molecule has 0 bridgehead atoms. The van der Waals surface area contributed by atoms with Crippen molar-refractivity contribution >= 4 is 5.95 Å². The molecule has 2 aromatic heterocycles. The van der Waals surface area contributed by atoms with Crippen LogP contribution in [0.1, 0.15) is 11.3 Å². The van der Waals surface area contributed by atoms with Crippen LogP contribution in [0.4, 0.5) is 5.95 Å². The van der Waals surface area contributed by atoms with Gasteiger partial charge in [0, 0.05) is 51.3 Å². The zero-order valence-corrected chi connectivity index (χ0v) is 11.6. The van der Waals surface area contributed by atoms with Gasteiger partial charge in [-0.15, -0.1) is 0 Å². The van der Waals surface area contributed by atoms with Crippen LogP contribution in [0.5, 0.6) is 0 Å². The lowest BCUT2D eigenvalue weighted by molar-refractivity contribution is 0.314. The molecule has 0 aliphatic rings. The van der Waals surface area contributed by atoms with Crippen molar-refractivity contribution in [3.8, 4) is 0 Å². The summed E-state index contributed by atoms with van der Waals surface area (Å²) in [7, 11) is 5.93. The van der Waals surface area contributed by atoms with Crippen molar-refractivity contribution in [2.24, 2.45) is 0 Å². The van der Waals surface area contributed by atoms with E-state index in [1.807, 2.05) is 55.8 Å². The van der Waals surface area contributed by atoms with Gasteiger partial charge in [0.2, 0.25) is 5.95 Å². The highest BCUT2D eigenvalue weighted by molar-refractivity contribution is 5.26. The van der Waals surface area contributed by atoms with E-state index in [2.05, 4.69) is 26.9 Å². The molecule has 2 aromatic rings. The zero-order chi connectivity index (χ0) is 13.7. The first-order valence-corrected chi connectivity index (χ1v) is 6.22. The largest absolute Gasteiger partial charge is 0.347 e. The average Bonchev–Trinajstić information content (AvgIpc) is 2.40. The standard InChI is InChI=1S/C14H19N5/c1-18(2)14-16-8-12(9-17-14)10-19(3)11-13-6-4-5-7-15-13/h4-9H,10-11H2,1-3H3. The highest BCUT2D eigenvalue weighted by Crippen LogP contribution is 2.07. The van der Waals surface area contributed by atoms with Crippen LogP contribution in [0, 0.1) is 0 Å². The lowest BCUT2D eigenvalue weighted by Gasteiger charge is -2.16. The molecule has 0 saturated heterocycles. The van der Waals surface area contributed by atoms with Gasteiger partial charge in [-0.25, -0.2) is 9.97 Å². The van der Waals surface area contributed by atoms with Crippen LogP contribution in [-0.4, -0.2) is 41.0 Å². The number of anilines is 1. The van der Waals surface area contributed by atoms with Crippen LogP contribution in [0.15, 0.2) is 36.8 Å². The third kappa shape index (κ3) is 3.99.